The van der Waals surface area contributed by atoms with Gasteiger partial charge in [-0.25, -0.2) is 0 Å². The van der Waals surface area contributed by atoms with Crippen LogP contribution >= 0.6 is 0 Å². The molecule has 0 saturated carbocycles. The van der Waals surface area contributed by atoms with Crippen LogP contribution < -0.4 is 0 Å². The van der Waals surface area contributed by atoms with Crippen LogP contribution in [0.25, 0.3) is 0 Å². The SMILES string of the molecule is CCN1CCC2[C@@H](C)N2CC1(C)C. The second-order valence-electron chi connectivity index (χ2n) is 5.16. The summed E-state index contributed by atoms with van der Waals surface area (Å²) in [6, 6.07) is 1.76. The summed E-state index contributed by atoms with van der Waals surface area (Å²) in [6.45, 7) is 13.1. The topological polar surface area (TPSA) is 6.25 Å². The Labute approximate surface area is 81.9 Å². The van der Waals surface area contributed by atoms with Gasteiger partial charge in [0.1, 0.15) is 0 Å². The van der Waals surface area contributed by atoms with E-state index < -0.39 is 0 Å². The third kappa shape index (κ3) is 1.50. The van der Waals surface area contributed by atoms with Gasteiger partial charge in [0.15, 0.2) is 0 Å². The van der Waals surface area contributed by atoms with Gasteiger partial charge in [-0.15, -0.1) is 0 Å². The van der Waals surface area contributed by atoms with E-state index >= 15 is 0 Å². The highest BCUT2D eigenvalue weighted by molar-refractivity contribution is 5.05. The van der Waals surface area contributed by atoms with Gasteiger partial charge >= 0.3 is 0 Å². The molecule has 2 aliphatic heterocycles. The molecule has 2 rings (SSSR count). The van der Waals surface area contributed by atoms with Crippen LogP contribution in [0.3, 0.4) is 0 Å². The zero-order valence-electron chi connectivity index (χ0n) is 9.38. The molecule has 0 aromatic carbocycles. The van der Waals surface area contributed by atoms with Crippen LogP contribution in [0.4, 0.5) is 0 Å². The van der Waals surface area contributed by atoms with Crippen molar-refractivity contribution in [2.45, 2.75) is 51.7 Å². The van der Waals surface area contributed by atoms with E-state index in [9.17, 15) is 0 Å². The highest BCUT2D eigenvalue weighted by atomic mass is 15.4. The van der Waals surface area contributed by atoms with E-state index in [-0.39, 0.29) is 0 Å². The largest absolute Gasteiger partial charge is 0.297 e. The van der Waals surface area contributed by atoms with E-state index in [0.717, 1.165) is 12.1 Å². The normalized spacial score (nSPS) is 43.8. The highest BCUT2D eigenvalue weighted by Gasteiger charge is 2.49. The number of hydrogen-bond donors (Lipinski definition) is 0. The molecular weight excluding hydrogens is 160 g/mol. The molecule has 2 nitrogen and oxygen atoms in total. The second-order valence-corrected chi connectivity index (χ2v) is 5.16. The minimum absolute atomic E-state index is 0.383. The minimum Gasteiger partial charge on any atom is -0.297 e. The molecule has 0 aromatic heterocycles. The number of likely N-dealkylation sites (N-methyl/N-ethyl adjacent to an activating group) is 1. The average molecular weight is 182 g/mol. The molecule has 76 valence electrons. The van der Waals surface area contributed by atoms with Crippen LogP contribution in [0.15, 0.2) is 0 Å². The van der Waals surface area contributed by atoms with Crippen molar-refractivity contribution >= 4 is 0 Å². The molecule has 3 atom stereocenters. The van der Waals surface area contributed by atoms with Crippen LogP contribution in [0.5, 0.6) is 0 Å². The fourth-order valence-electron chi connectivity index (χ4n) is 2.87. The zero-order valence-corrected chi connectivity index (χ0v) is 9.38. The lowest BCUT2D eigenvalue weighted by Gasteiger charge is -2.37. The fraction of sp³-hybridized carbons (Fsp3) is 1.00. The van der Waals surface area contributed by atoms with Gasteiger partial charge in [-0.2, -0.15) is 0 Å². The summed E-state index contributed by atoms with van der Waals surface area (Å²) in [5.41, 5.74) is 0.383. The number of hydrogen-bond acceptors (Lipinski definition) is 2. The third-order valence-corrected chi connectivity index (χ3v) is 3.92. The first-order chi connectivity index (χ1) is 6.06. The van der Waals surface area contributed by atoms with Crippen LogP contribution in [0.1, 0.15) is 34.1 Å². The first kappa shape index (κ1) is 9.47. The molecule has 0 N–H and O–H groups in total. The molecule has 0 radical (unpaired) electrons. The third-order valence-electron chi connectivity index (χ3n) is 3.92. The predicted molar refractivity (Wildman–Crippen MR) is 55.9 cm³/mol. The summed E-state index contributed by atoms with van der Waals surface area (Å²) in [7, 11) is 0. The summed E-state index contributed by atoms with van der Waals surface area (Å²) in [5.74, 6) is 0. The van der Waals surface area contributed by atoms with E-state index in [2.05, 4.69) is 37.5 Å². The Balaban J connectivity index is 2.06. The standard InChI is InChI=1S/C11H22N2/c1-5-12-7-6-10-9(2)13(10)8-11(12,3)4/h9-10H,5-8H2,1-4H3/t9-,10?,13?/m1/s1. The van der Waals surface area contributed by atoms with Gasteiger partial charge in [-0.1, -0.05) is 6.92 Å². The first-order valence-electron chi connectivity index (χ1n) is 5.57. The van der Waals surface area contributed by atoms with Gasteiger partial charge in [0.05, 0.1) is 0 Å². The molecule has 0 amide bonds. The Hall–Kier alpha value is -0.0800. The quantitative estimate of drug-likeness (QED) is 0.568. The van der Waals surface area contributed by atoms with Crippen molar-refractivity contribution < 1.29 is 0 Å². The van der Waals surface area contributed by atoms with Crippen molar-refractivity contribution in [1.29, 1.82) is 0 Å². The Morgan fingerprint density at radius 1 is 1.38 bits per heavy atom. The average Bonchev–Trinajstić information content (AvgIpc) is 2.66. The summed E-state index contributed by atoms with van der Waals surface area (Å²) in [4.78, 5) is 5.27. The van der Waals surface area contributed by atoms with Crippen molar-refractivity contribution in [2.75, 3.05) is 19.6 Å². The summed E-state index contributed by atoms with van der Waals surface area (Å²) < 4.78 is 0. The lowest BCUT2D eigenvalue weighted by molar-refractivity contribution is 0.122. The van der Waals surface area contributed by atoms with Crippen LogP contribution in [0.2, 0.25) is 0 Å². The van der Waals surface area contributed by atoms with Crippen molar-refractivity contribution in [1.82, 2.24) is 9.80 Å². The number of fused-ring (bicyclic) bond motifs is 1. The maximum absolute atomic E-state index is 2.65. The van der Waals surface area contributed by atoms with Gasteiger partial charge in [0.25, 0.3) is 0 Å². The summed E-state index contributed by atoms with van der Waals surface area (Å²) >= 11 is 0. The molecule has 2 heterocycles. The maximum atomic E-state index is 2.65. The highest BCUT2D eigenvalue weighted by Crippen LogP contribution is 2.37. The lowest BCUT2D eigenvalue weighted by atomic mass is 10.0. The number of rotatable bonds is 1. The Bertz CT molecular complexity index is 200. The smallest absolute Gasteiger partial charge is 0.0280 e. The van der Waals surface area contributed by atoms with Gasteiger partial charge in [-0.05, 0) is 33.7 Å². The first-order valence-corrected chi connectivity index (χ1v) is 5.57. The van der Waals surface area contributed by atoms with E-state index in [1.807, 2.05) is 0 Å². The van der Waals surface area contributed by atoms with Crippen LogP contribution in [-0.4, -0.2) is 47.1 Å². The van der Waals surface area contributed by atoms with Gasteiger partial charge in [0.2, 0.25) is 0 Å². The fourth-order valence-corrected chi connectivity index (χ4v) is 2.87. The molecule has 13 heavy (non-hydrogen) atoms. The summed E-state index contributed by atoms with van der Waals surface area (Å²) in [6.07, 6.45) is 1.37. The second kappa shape index (κ2) is 2.96. The van der Waals surface area contributed by atoms with E-state index in [0.29, 0.717) is 5.54 Å². The van der Waals surface area contributed by atoms with Crippen molar-refractivity contribution in [3.8, 4) is 0 Å². The molecule has 2 aliphatic rings. The van der Waals surface area contributed by atoms with Gasteiger partial charge < -0.3 is 0 Å². The molecule has 0 bridgehead atoms. The monoisotopic (exact) mass is 182 g/mol. The molecule has 0 aromatic rings. The molecule has 2 saturated heterocycles. The van der Waals surface area contributed by atoms with E-state index in [1.165, 1.54) is 26.1 Å². The molecule has 2 unspecified atom stereocenters. The molecule has 0 spiro atoms. The van der Waals surface area contributed by atoms with E-state index in [4.69, 9.17) is 0 Å². The van der Waals surface area contributed by atoms with Gasteiger partial charge in [0, 0.05) is 30.7 Å². The molecule has 2 fully saturated rings. The Morgan fingerprint density at radius 3 is 2.69 bits per heavy atom. The van der Waals surface area contributed by atoms with E-state index in [1.54, 1.807) is 0 Å². The Kier molecular flexibility index (Phi) is 2.16. The Morgan fingerprint density at radius 2 is 2.08 bits per heavy atom. The predicted octanol–water partition coefficient (Wildman–Crippen LogP) is 1.56. The van der Waals surface area contributed by atoms with Crippen molar-refractivity contribution in [3.63, 3.8) is 0 Å². The minimum atomic E-state index is 0.383. The maximum Gasteiger partial charge on any atom is 0.0280 e. The zero-order chi connectivity index (χ0) is 9.64. The number of nitrogens with zero attached hydrogens (tertiary/aromatic N) is 2. The lowest BCUT2D eigenvalue weighted by Crippen LogP contribution is -2.48. The summed E-state index contributed by atoms with van der Waals surface area (Å²) in [5, 5.41) is 0. The van der Waals surface area contributed by atoms with Crippen molar-refractivity contribution in [2.24, 2.45) is 0 Å². The van der Waals surface area contributed by atoms with Crippen molar-refractivity contribution in [3.05, 3.63) is 0 Å². The van der Waals surface area contributed by atoms with Crippen LogP contribution in [-0.2, 0) is 0 Å². The van der Waals surface area contributed by atoms with Crippen LogP contribution in [0, 0.1) is 0 Å². The molecular formula is C11H22N2. The molecule has 0 aliphatic carbocycles. The van der Waals surface area contributed by atoms with Gasteiger partial charge in [-0.3, -0.25) is 9.80 Å². The molecule has 2 heteroatoms.